The van der Waals surface area contributed by atoms with Crippen molar-refractivity contribution in [3.05, 3.63) is 0 Å². The lowest BCUT2D eigenvalue weighted by atomic mass is 10.2. The van der Waals surface area contributed by atoms with E-state index in [9.17, 15) is 4.79 Å². The molecule has 0 atom stereocenters. The molecule has 18 heavy (non-hydrogen) atoms. The molecule has 0 aromatic heterocycles. The standard InChI is InChI=1S/C14H30N2O2/c1-13(2)12-18-11-7-8-14(17)16-10-6-4-5-9-15-3/h13,15H,4-12H2,1-3H3,(H,16,17). The van der Waals surface area contributed by atoms with E-state index in [1.54, 1.807) is 0 Å². The molecule has 1 amide bonds. The van der Waals surface area contributed by atoms with Gasteiger partial charge in [-0.05, 0) is 38.8 Å². The molecular weight excluding hydrogens is 228 g/mol. The van der Waals surface area contributed by atoms with Crippen molar-refractivity contribution in [1.82, 2.24) is 10.6 Å². The van der Waals surface area contributed by atoms with Gasteiger partial charge < -0.3 is 15.4 Å². The van der Waals surface area contributed by atoms with Gasteiger partial charge in [0, 0.05) is 26.2 Å². The van der Waals surface area contributed by atoms with E-state index in [0.717, 1.165) is 32.5 Å². The summed E-state index contributed by atoms with van der Waals surface area (Å²) in [5.74, 6) is 0.716. The Morgan fingerprint density at radius 3 is 2.50 bits per heavy atom. The number of unbranched alkanes of at least 4 members (excludes halogenated alkanes) is 2. The summed E-state index contributed by atoms with van der Waals surface area (Å²) >= 11 is 0. The van der Waals surface area contributed by atoms with Gasteiger partial charge in [-0.15, -0.1) is 0 Å². The van der Waals surface area contributed by atoms with E-state index in [4.69, 9.17) is 4.74 Å². The Balaban J connectivity index is 3.17. The van der Waals surface area contributed by atoms with Gasteiger partial charge in [0.05, 0.1) is 0 Å². The molecule has 0 aliphatic carbocycles. The smallest absolute Gasteiger partial charge is 0.220 e. The number of rotatable bonds is 12. The lowest BCUT2D eigenvalue weighted by molar-refractivity contribution is -0.121. The molecule has 0 aliphatic rings. The number of hydrogen-bond acceptors (Lipinski definition) is 3. The summed E-state index contributed by atoms with van der Waals surface area (Å²) in [5.41, 5.74) is 0. The molecule has 0 aliphatic heterocycles. The topological polar surface area (TPSA) is 50.4 Å². The summed E-state index contributed by atoms with van der Waals surface area (Å²) in [5, 5.41) is 6.06. The number of amides is 1. The van der Waals surface area contributed by atoms with Crippen molar-refractivity contribution in [3.63, 3.8) is 0 Å². The van der Waals surface area contributed by atoms with Crippen LogP contribution in [-0.4, -0.2) is 39.3 Å². The molecule has 0 rings (SSSR count). The first kappa shape index (κ1) is 17.4. The van der Waals surface area contributed by atoms with Crippen LogP contribution in [-0.2, 0) is 9.53 Å². The van der Waals surface area contributed by atoms with Crippen LogP contribution in [0.1, 0.15) is 46.0 Å². The van der Waals surface area contributed by atoms with E-state index in [2.05, 4.69) is 24.5 Å². The Labute approximate surface area is 112 Å². The summed E-state index contributed by atoms with van der Waals surface area (Å²) in [4.78, 5) is 11.4. The van der Waals surface area contributed by atoms with Gasteiger partial charge >= 0.3 is 0 Å². The predicted octanol–water partition coefficient (Wildman–Crippen LogP) is 1.95. The zero-order chi connectivity index (χ0) is 13.6. The van der Waals surface area contributed by atoms with Crippen LogP contribution < -0.4 is 10.6 Å². The minimum Gasteiger partial charge on any atom is -0.381 e. The summed E-state index contributed by atoms with van der Waals surface area (Å²) < 4.78 is 5.43. The molecule has 0 aromatic rings. The van der Waals surface area contributed by atoms with Gasteiger partial charge in [-0.1, -0.05) is 20.3 Å². The van der Waals surface area contributed by atoms with Crippen LogP contribution in [0.15, 0.2) is 0 Å². The highest BCUT2D eigenvalue weighted by molar-refractivity contribution is 5.75. The summed E-state index contributed by atoms with van der Waals surface area (Å²) in [6.07, 6.45) is 4.80. The molecule has 0 unspecified atom stereocenters. The first-order chi connectivity index (χ1) is 8.66. The number of carbonyl (C=O) groups excluding carboxylic acids is 1. The molecule has 2 N–H and O–H groups in total. The normalized spacial score (nSPS) is 10.9. The van der Waals surface area contributed by atoms with Crippen LogP contribution in [0.3, 0.4) is 0 Å². The lowest BCUT2D eigenvalue weighted by Crippen LogP contribution is -2.24. The SMILES string of the molecule is CNCCCCCNC(=O)CCCOCC(C)C. The maximum absolute atomic E-state index is 11.4. The van der Waals surface area contributed by atoms with Crippen molar-refractivity contribution >= 4 is 5.91 Å². The van der Waals surface area contributed by atoms with E-state index < -0.39 is 0 Å². The quantitative estimate of drug-likeness (QED) is 0.526. The second-order valence-corrected chi connectivity index (χ2v) is 5.09. The van der Waals surface area contributed by atoms with Gasteiger partial charge in [0.2, 0.25) is 5.91 Å². The second-order valence-electron chi connectivity index (χ2n) is 5.09. The fourth-order valence-corrected chi connectivity index (χ4v) is 1.57. The average molecular weight is 258 g/mol. The van der Waals surface area contributed by atoms with Crippen molar-refractivity contribution in [1.29, 1.82) is 0 Å². The fraction of sp³-hybridized carbons (Fsp3) is 0.929. The van der Waals surface area contributed by atoms with Gasteiger partial charge in [-0.3, -0.25) is 4.79 Å². The minimum atomic E-state index is 0.150. The number of nitrogens with one attached hydrogen (secondary N) is 2. The first-order valence-electron chi connectivity index (χ1n) is 7.16. The average Bonchev–Trinajstić information content (AvgIpc) is 2.33. The second kappa shape index (κ2) is 12.8. The third-order valence-electron chi connectivity index (χ3n) is 2.57. The van der Waals surface area contributed by atoms with Gasteiger partial charge in [0.1, 0.15) is 0 Å². The van der Waals surface area contributed by atoms with E-state index in [0.29, 0.717) is 18.9 Å². The van der Waals surface area contributed by atoms with E-state index >= 15 is 0 Å². The highest BCUT2D eigenvalue weighted by atomic mass is 16.5. The molecular formula is C14H30N2O2. The summed E-state index contributed by atoms with van der Waals surface area (Å²) in [6, 6.07) is 0. The minimum absolute atomic E-state index is 0.150. The molecule has 0 aromatic carbocycles. The van der Waals surface area contributed by atoms with Crippen LogP contribution in [0.2, 0.25) is 0 Å². The Morgan fingerprint density at radius 2 is 1.83 bits per heavy atom. The largest absolute Gasteiger partial charge is 0.381 e. The van der Waals surface area contributed by atoms with Gasteiger partial charge in [0.25, 0.3) is 0 Å². The Bertz CT molecular complexity index is 196. The third-order valence-corrected chi connectivity index (χ3v) is 2.57. The van der Waals surface area contributed by atoms with Crippen LogP contribution in [0.25, 0.3) is 0 Å². The van der Waals surface area contributed by atoms with Crippen molar-refractivity contribution in [2.24, 2.45) is 5.92 Å². The Morgan fingerprint density at radius 1 is 1.11 bits per heavy atom. The van der Waals surface area contributed by atoms with E-state index in [1.807, 2.05) is 7.05 Å². The van der Waals surface area contributed by atoms with E-state index in [-0.39, 0.29) is 5.91 Å². The van der Waals surface area contributed by atoms with Crippen LogP contribution in [0, 0.1) is 5.92 Å². The molecule has 0 bridgehead atoms. The Hall–Kier alpha value is -0.610. The lowest BCUT2D eigenvalue weighted by Gasteiger charge is -2.07. The van der Waals surface area contributed by atoms with Crippen LogP contribution in [0.4, 0.5) is 0 Å². The molecule has 0 radical (unpaired) electrons. The zero-order valence-electron chi connectivity index (χ0n) is 12.3. The molecule has 108 valence electrons. The van der Waals surface area contributed by atoms with Crippen LogP contribution >= 0.6 is 0 Å². The highest BCUT2D eigenvalue weighted by Gasteiger charge is 2.00. The van der Waals surface area contributed by atoms with Crippen molar-refractivity contribution in [2.45, 2.75) is 46.0 Å². The molecule has 4 nitrogen and oxygen atoms in total. The van der Waals surface area contributed by atoms with Crippen LogP contribution in [0.5, 0.6) is 0 Å². The van der Waals surface area contributed by atoms with Gasteiger partial charge in [-0.25, -0.2) is 0 Å². The molecule has 4 heteroatoms. The first-order valence-corrected chi connectivity index (χ1v) is 7.16. The number of hydrogen-bond donors (Lipinski definition) is 2. The zero-order valence-corrected chi connectivity index (χ0v) is 12.3. The number of ether oxygens (including phenoxy) is 1. The molecule has 0 heterocycles. The van der Waals surface area contributed by atoms with Gasteiger partial charge in [0.15, 0.2) is 0 Å². The summed E-state index contributed by atoms with van der Waals surface area (Å²) in [6.45, 7) is 7.58. The molecule has 0 spiro atoms. The molecule has 0 fully saturated rings. The van der Waals surface area contributed by atoms with Crippen molar-refractivity contribution < 1.29 is 9.53 Å². The fourth-order valence-electron chi connectivity index (χ4n) is 1.57. The number of carbonyl (C=O) groups is 1. The molecule has 0 saturated carbocycles. The summed E-state index contributed by atoms with van der Waals surface area (Å²) in [7, 11) is 1.96. The molecule has 0 saturated heterocycles. The third kappa shape index (κ3) is 13.5. The van der Waals surface area contributed by atoms with E-state index in [1.165, 1.54) is 12.8 Å². The monoisotopic (exact) mass is 258 g/mol. The van der Waals surface area contributed by atoms with Gasteiger partial charge in [-0.2, -0.15) is 0 Å². The maximum atomic E-state index is 11.4. The predicted molar refractivity (Wildman–Crippen MR) is 75.7 cm³/mol. The Kier molecular flexibility index (Phi) is 12.4. The highest BCUT2D eigenvalue weighted by Crippen LogP contribution is 1.96. The maximum Gasteiger partial charge on any atom is 0.220 e. The van der Waals surface area contributed by atoms with Crippen molar-refractivity contribution in [2.75, 3.05) is 33.4 Å². The van der Waals surface area contributed by atoms with Crippen molar-refractivity contribution in [3.8, 4) is 0 Å².